The van der Waals surface area contributed by atoms with Gasteiger partial charge in [-0.15, -0.1) is 5.10 Å². The van der Waals surface area contributed by atoms with Gasteiger partial charge in [0.25, 0.3) is 0 Å². The lowest BCUT2D eigenvalue weighted by atomic mass is 10.1. The van der Waals surface area contributed by atoms with Crippen molar-refractivity contribution in [1.29, 1.82) is 0 Å². The van der Waals surface area contributed by atoms with E-state index in [1.54, 1.807) is 6.20 Å². The van der Waals surface area contributed by atoms with Gasteiger partial charge < -0.3 is 16.0 Å². The Kier molecular flexibility index (Phi) is 3.78. The topological polar surface area (TPSA) is 84.4 Å². The van der Waals surface area contributed by atoms with E-state index < -0.39 is 0 Å². The fourth-order valence-electron chi connectivity index (χ4n) is 3.12. The molecule has 1 aliphatic rings. The summed E-state index contributed by atoms with van der Waals surface area (Å²) >= 11 is 0. The van der Waals surface area contributed by atoms with Gasteiger partial charge in [0.2, 0.25) is 0 Å². The summed E-state index contributed by atoms with van der Waals surface area (Å²) < 4.78 is 1.85. The van der Waals surface area contributed by atoms with Crippen LogP contribution in [0, 0.1) is 0 Å². The van der Waals surface area contributed by atoms with Gasteiger partial charge in [0.15, 0.2) is 5.65 Å². The van der Waals surface area contributed by atoms with E-state index in [-0.39, 0.29) is 0 Å². The molecule has 4 rings (SSSR count). The van der Waals surface area contributed by atoms with Crippen LogP contribution < -0.4 is 11.1 Å². The first-order chi connectivity index (χ1) is 11.7. The maximum atomic E-state index is 5.80. The molecule has 0 atom stereocenters. The van der Waals surface area contributed by atoms with E-state index in [1.807, 2.05) is 35.0 Å². The second-order valence-electron chi connectivity index (χ2n) is 6.32. The Hall–Kier alpha value is -2.67. The first-order valence-electron chi connectivity index (χ1n) is 8.21. The number of hydrogen-bond donors (Lipinski definition) is 2. The molecule has 0 radical (unpaired) electrons. The zero-order chi connectivity index (χ0) is 16.5. The van der Waals surface area contributed by atoms with Crippen molar-refractivity contribution in [2.75, 3.05) is 31.2 Å². The van der Waals surface area contributed by atoms with E-state index in [0.29, 0.717) is 11.9 Å². The smallest absolute Gasteiger partial charge is 0.154 e. The number of likely N-dealkylation sites (tertiary alicyclic amines) is 1. The van der Waals surface area contributed by atoms with Crippen molar-refractivity contribution in [1.82, 2.24) is 24.5 Å². The Balaban J connectivity index is 1.63. The lowest BCUT2D eigenvalue weighted by Gasteiger charge is -2.29. The standard InChI is InChI=1S/C17H21N7/c1-23-8-5-13(6-9-23)21-16-2-3-17-20-11-14(24(17)22-16)12-4-7-19-15(18)10-12/h2-4,7,10-11,13H,5-6,8-9H2,1H3,(H2,18,19)(H,21,22). The van der Waals surface area contributed by atoms with Crippen LogP contribution in [-0.4, -0.2) is 50.7 Å². The Morgan fingerprint density at radius 3 is 2.79 bits per heavy atom. The highest BCUT2D eigenvalue weighted by Crippen LogP contribution is 2.22. The second-order valence-corrected chi connectivity index (χ2v) is 6.32. The third-order valence-electron chi connectivity index (χ3n) is 4.51. The van der Waals surface area contributed by atoms with Crippen molar-refractivity contribution in [2.24, 2.45) is 0 Å². The molecule has 0 saturated carbocycles. The van der Waals surface area contributed by atoms with Crippen LogP contribution in [-0.2, 0) is 0 Å². The zero-order valence-corrected chi connectivity index (χ0v) is 13.7. The van der Waals surface area contributed by atoms with E-state index in [0.717, 1.165) is 48.7 Å². The number of piperidine rings is 1. The van der Waals surface area contributed by atoms with Gasteiger partial charge in [0.1, 0.15) is 11.6 Å². The summed E-state index contributed by atoms with van der Waals surface area (Å²) in [6.45, 7) is 2.24. The fraction of sp³-hybridized carbons (Fsp3) is 0.353. The van der Waals surface area contributed by atoms with Gasteiger partial charge >= 0.3 is 0 Å². The number of fused-ring (bicyclic) bond motifs is 1. The predicted molar refractivity (Wildman–Crippen MR) is 94.8 cm³/mol. The van der Waals surface area contributed by atoms with Gasteiger partial charge in [-0.25, -0.2) is 14.5 Å². The molecule has 124 valence electrons. The van der Waals surface area contributed by atoms with E-state index in [9.17, 15) is 0 Å². The maximum Gasteiger partial charge on any atom is 0.154 e. The number of nitrogen functional groups attached to an aromatic ring is 1. The number of anilines is 2. The molecular formula is C17H21N7. The minimum absolute atomic E-state index is 0.467. The highest BCUT2D eigenvalue weighted by atomic mass is 15.3. The van der Waals surface area contributed by atoms with Crippen LogP contribution in [0.15, 0.2) is 36.7 Å². The number of nitrogens with zero attached hydrogens (tertiary/aromatic N) is 5. The Morgan fingerprint density at radius 2 is 2.00 bits per heavy atom. The molecule has 0 amide bonds. The van der Waals surface area contributed by atoms with Crippen molar-refractivity contribution in [3.05, 3.63) is 36.7 Å². The Bertz CT molecular complexity index is 849. The molecule has 0 aliphatic carbocycles. The highest BCUT2D eigenvalue weighted by molar-refractivity contribution is 5.65. The lowest BCUT2D eigenvalue weighted by molar-refractivity contribution is 0.263. The zero-order valence-electron chi connectivity index (χ0n) is 13.7. The first kappa shape index (κ1) is 14.9. The van der Waals surface area contributed by atoms with E-state index >= 15 is 0 Å². The Labute approximate surface area is 140 Å². The SMILES string of the molecule is CN1CCC(Nc2ccc3ncc(-c4ccnc(N)c4)n3n2)CC1. The molecule has 3 aromatic rings. The van der Waals surface area contributed by atoms with Crippen LogP contribution in [0.1, 0.15) is 12.8 Å². The third-order valence-corrected chi connectivity index (χ3v) is 4.51. The largest absolute Gasteiger partial charge is 0.384 e. The van der Waals surface area contributed by atoms with Crippen LogP contribution in [0.2, 0.25) is 0 Å². The van der Waals surface area contributed by atoms with Crippen LogP contribution >= 0.6 is 0 Å². The van der Waals surface area contributed by atoms with Crippen molar-refractivity contribution in [3.8, 4) is 11.3 Å². The van der Waals surface area contributed by atoms with Crippen molar-refractivity contribution < 1.29 is 0 Å². The quantitative estimate of drug-likeness (QED) is 0.765. The van der Waals surface area contributed by atoms with E-state index in [1.165, 1.54) is 0 Å². The average molecular weight is 323 g/mol. The number of rotatable bonds is 3. The molecule has 3 aromatic heterocycles. The average Bonchev–Trinajstić information content (AvgIpc) is 3.00. The molecule has 4 heterocycles. The molecule has 7 nitrogen and oxygen atoms in total. The minimum atomic E-state index is 0.467. The van der Waals surface area contributed by atoms with Crippen LogP contribution in [0.25, 0.3) is 16.9 Å². The number of nitrogens with two attached hydrogens (primary N) is 1. The number of nitrogens with one attached hydrogen (secondary N) is 1. The summed E-state index contributed by atoms with van der Waals surface area (Å²) in [4.78, 5) is 10.8. The minimum Gasteiger partial charge on any atom is -0.384 e. The van der Waals surface area contributed by atoms with Gasteiger partial charge in [-0.2, -0.15) is 0 Å². The molecule has 0 spiro atoms. The van der Waals surface area contributed by atoms with Crippen molar-refractivity contribution >= 4 is 17.3 Å². The third kappa shape index (κ3) is 2.90. The summed E-state index contributed by atoms with van der Waals surface area (Å²) in [5, 5.41) is 8.27. The number of imidazole rings is 1. The maximum absolute atomic E-state index is 5.80. The van der Waals surface area contributed by atoms with Gasteiger partial charge in [0, 0.05) is 17.8 Å². The summed E-state index contributed by atoms with van der Waals surface area (Å²) in [7, 11) is 2.17. The first-order valence-corrected chi connectivity index (χ1v) is 8.21. The summed E-state index contributed by atoms with van der Waals surface area (Å²) in [6.07, 6.45) is 5.78. The molecule has 1 aliphatic heterocycles. The molecule has 1 fully saturated rings. The molecular weight excluding hydrogens is 302 g/mol. The second kappa shape index (κ2) is 6.09. The molecule has 1 saturated heterocycles. The summed E-state index contributed by atoms with van der Waals surface area (Å²) in [6, 6.07) is 8.19. The van der Waals surface area contributed by atoms with E-state index in [4.69, 9.17) is 10.8 Å². The van der Waals surface area contributed by atoms with Gasteiger partial charge in [-0.05, 0) is 57.2 Å². The van der Waals surface area contributed by atoms with Gasteiger partial charge in [0.05, 0.1) is 11.9 Å². The van der Waals surface area contributed by atoms with Crippen LogP contribution in [0.3, 0.4) is 0 Å². The lowest BCUT2D eigenvalue weighted by Crippen LogP contribution is -2.36. The molecule has 3 N–H and O–H groups in total. The number of hydrogen-bond acceptors (Lipinski definition) is 6. The fourth-order valence-corrected chi connectivity index (χ4v) is 3.12. The molecule has 0 unspecified atom stereocenters. The molecule has 0 bridgehead atoms. The number of pyridine rings is 1. The normalized spacial score (nSPS) is 16.5. The molecule has 0 aromatic carbocycles. The van der Waals surface area contributed by atoms with Gasteiger partial charge in [-0.1, -0.05) is 0 Å². The van der Waals surface area contributed by atoms with Crippen molar-refractivity contribution in [2.45, 2.75) is 18.9 Å². The van der Waals surface area contributed by atoms with Crippen LogP contribution in [0.4, 0.5) is 11.6 Å². The summed E-state index contributed by atoms with van der Waals surface area (Å²) in [5.41, 5.74) is 8.48. The van der Waals surface area contributed by atoms with Crippen molar-refractivity contribution in [3.63, 3.8) is 0 Å². The monoisotopic (exact) mass is 323 g/mol. The molecule has 7 heteroatoms. The number of aromatic nitrogens is 4. The van der Waals surface area contributed by atoms with E-state index in [2.05, 4.69) is 27.2 Å². The Morgan fingerprint density at radius 1 is 1.17 bits per heavy atom. The summed E-state index contributed by atoms with van der Waals surface area (Å²) in [5.74, 6) is 1.36. The van der Waals surface area contributed by atoms with Crippen LogP contribution in [0.5, 0.6) is 0 Å². The molecule has 24 heavy (non-hydrogen) atoms. The van der Waals surface area contributed by atoms with Gasteiger partial charge in [-0.3, -0.25) is 0 Å². The highest BCUT2D eigenvalue weighted by Gasteiger charge is 2.17. The predicted octanol–water partition coefficient (Wildman–Crippen LogP) is 1.88.